The number of ether oxygens (including phenoxy) is 1. The predicted molar refractivity (Wildman–Crippen MR) is 126 cm³/mol. The van der Waals surface area contributed by atoms with Crippen molar-refractivity contribution in [1.29, 1.82) is 0 Å². The second-order valence-corrected chi connectivity index (χ2v) is 9.48. The lowest BCUT2D eigenvalue weighted by molar-refractivity contribution is -0.228. The van der Waals surface area contributed by atoms with Gasteiger partial charge >= 0.3 is 18.3 Å². The van der Waals surface area contributed by atoms with E-state index in [9.17, 15) is 39.9 Å². The highest BCUT2D eigenvalue weighted by atomic mass is 19.4. The van der Waals surface area contributed by atoms with Crippen LogP contribution in [-0.4, -0.2) is 19.3 Å². The van der Waals surface area contributed by atoms with Gasteiger partial charge in [-0.3, -0.25) is 4.79 Å². The van der Waals surface area contributed by atoms with E-state index in [1.54, 1.807) is 13.8 Å². The topological polar surface area (TPSA) is 38.3 Å². The number of allylic oxidation sites excluding steroid dienone is 3. The van der Waals surface area contributed by atoms with Gasteiger partial charge in [-0.2, -0.15) is 26.3 Å². The fraction of sp³-hybridized carbons (Fsp3) is 0.370. The van der Waals surface area contributed by atoms with E-state index < -0.39 is 70.6 Å². The minimum atomic E-state index is -5.10. The largest absolute Gasteiger partial charge is 0.469 e. The molecule has 0 saturated heterocycles. The average Bonchev–Trinajstić information content (AvgIpc) is 2.81. The molecule has 2 unspecified atom stereocenters. The van der Waals surface area contributed by atoms with Gasteiger partial charge in [-0.15, -0.1) is 0 Å². The summed E-state index contributed by atoms with van der Waals surface area (Å²) in [6.07, 6.45) is -9.55. The maximum absolute atomic E-state index is 15.0. The van der Waals surface area contributed by atoms with Crippen molar-refractivity contribution < 1.29 is 44.7 Å². The third-order valence-corrected chi connectivity index (χ3v) is 6.35. The Hall–Kier alpha value is -3.37. The van der Waals surface area contributed by atoms with Crippen molar-refractivity contribution in [3.63, 3.8) is 0 Å². The van der Waals surface area contributed by atoms with Crippen molar-refractivity contribution in [2.24, 2.45) is 17.3 Å². The van der Waals surface area contributed by atoms with Crippen molar-refractivity contribution in [2.75, 3.05) is 12.4 Å². The molecular weight excluding hydrogens is 522 g/mol. The molecule has 206 valence electrons. The molecule has 38 heavy (non-hydrogen) atoms. The minimum absolute atomic E-state index is 0.196. The molecule has 3 nitrogen and oxygen atoms in total. The molecule has 0 aromatic heterocycles. The van der Waals surface area contributed by atoms with Crippen molar-refractivity contribution in [3.8, 4) is 0 Å². The number of nitrogens with one attached hydrogen (secondary N) is 1. The Bertz CT molecular complexity index is 1250. The van der Waals surface area contributed by atoms with Crippen LogP contribution in [0.25, 0.3) is 5.57 Å². The smallest absolute Gasteiger partial charge is 0.418 e. The lowest BCUT2D eigenvalue weighted by Crippen LogP contribution is -2.48. The van der Waals surface area contributed by atoms with E-state index in [2.05, 4.69) is 5.32 Å². The Morgan fingerprint density at radius 2 is 1.71 bits per heavy atom. The quantitative estimate of drug-likeness (QED) is 0.281. The number of carbonyl (C=O) groups excluding carboxylic acids is 1. The molecular formula is C27H25F8NO2. The Balaban J connectivity index is 2.30. The molecule has 1 N–H and O–H groups in total. The van der Waals surface area contributed by atoms with Crippen molar-refractivity contribution in [2.45, 2.75) is 39.0 Å². The van der Waals surface area contributed by atoms with Crippen LogP contribution < -0.4 is 5.32 Å². The fourth-order valence-electron chi connectivity index (χ4n) is 4.64. The first-order valence-electron chi connectivity index (χ1n) is 11.6. The summed E-state index contributed by atoms with van der Waals surface area (Å²) >= 11 is 0. The maximum Gasteiger partial charge on any atom is 0.418 e. The van der Waals surface area contributed by atoms with Gasteiger partial charge in [-0.1, -0.05) is 32.0 Å². The molecule has 0 aliphatic heterocycles. The molecule has 0 spiro atoms. The van der Waals surface area contributed by atoms with Crippen molar-refractivity contribution in [1.82, 2.24) is 0 Å². The second-order valence-electron chi connectivity index (χ2n) is 9.48. The standard InChI is InChI=1S/C27H25F8NO2/c1-15(2)10-21(24(37)38-3)25(27(33,34)35)13-16(19-6-4-5-7-22(19)29)11-18(14-25)36-23-9-8-17(28)12-20(23)26(30,31)32/h4-9,11-12,14-15,21,36H,10,13H2,1-3H3. The van der Waals surface area contributed by atoms with Crippen LogP contribution >= 0.6 is 0 Å². The normalized spacial score (nSPS) is 19.1. The summed E-state index contributed by atoms with van der Waals surface area (Å²) in [5, 5.41) is 2.32. The summed E-state index contributed by atoms with van der Waals surface area (Å²) in [7, 11) is 0.938. The number of anilines is 1. The zero-order valence-electron chi connectivity index (χ0n) is 20.6. The fourth-order valence-corrected chi connectivity index (χ4v) is 4.64. The van der Waals surface area contributed by atoms with Gasteiger partial charge in [0, 0.05) is 11.3 Å². The Labute approximate surface area is 214 Å². The highest BCUT2D eigenvalue weighted by molar-refractivity contribution is 5.78. The number of carbonyl (C=O) groups is 1. The Morgan fingerprint density at radius 1 is 1.05 bits per heavy atom. The number of methoxy groups -OCH3 is 1. The van der Waals surface area contributed by atoms with Crippen LogP contribution in [0, 0.1) is 28.9 Å². The molecule has 2 atom stereocenters. The molecule has 3 rings (SSSR count). The maximum atomic E-state index is 15.0. The Kier molecular flexibility index (Phi) is 8.28. The summed E-state index contributed by atoms with van der Waals surface area (Å²) in [5.74, 6) is -5.42. The lowest BCUT2D eigenvalue weighted by atomic mass is 9.64. The number of hydrogen-bond acceptors (Lipinski definition) is 3. The monoisotopic (exact) mass is 547 g/mol. The number of halogens is 8. The van der Waals surface area contributed by atoms with Gasteiger partial charge < -0.3 is 10.1 Å². The average molecular weight is 547 g/mol. The van der Waals surface area contributed by atoms with Crippen LogP contribution in [-0.2, 0) is 15.7 Å². The SMILES string of the molecule is COC(=O)C(CC(C)C)C1(C(F)(F)F)C=C(Nc2ccc(F)cc2C(F)(F)F)C=C(c2ccccc2F)C1. The number of esters is 1. The molecule has 0 heterocycles. The molecule has 0 radical (unpaired) electrons. The zero-order valence-corrected chi connectivity index (χ0v) is 20.6. The van der Waals surface area contributed by atoms with Crippen LogP contribution in [0.4, 0.5) is 40.8 Å². The van der Waals surface area contributed by atoms with Gasteiger partial charge in [0.05, 0.1) is 24.3 Å². The number of benzene rings is 2. The third-order valence-electron chi connectivity index (χ3n) is 6.35. The first-order chi connectivity index (χ1) is 17.6. The third kappa shape index (κ3) is 6.02. The number of hydrogen-bond donors (Lipinski definition) is 1. The number of alkyl halides is 6. The molecule has 0 bridgehead atoms. The molecule has 0 fully saturated rings. The van der Waals surface area contributed by atoms with E-state index in [0.717, 1.165) is 31.4 Å². The molecule has 2 aromatic carbocycles. The van der Waals surface area contributed by atoms with E-state index in [-0.39, 0.29) is 23.6 Å². The van der Waals surface area contributed by atoms with Gasteiger partial charge in [-0.05, 0) is 60.8 Å². The summed E-state index contributed by atoms with van der Waals surface area (Å²) in [6.45, 7) is 3.21. The van der Waals surface area contributed by atoms with E-state index in [4.69, 9.17) is 4.74 Å². The van der Waals surface area contributed by atoms with E-state index in [1.165, 1.54) is 18.2 Å². The summed E-state index contributed by atoms with van der Waals surface area (Å²) in [5.41, 5.74) is -6.01. The van der Waals surface area contributed by atoms with Crippen LogP contribution in [0.1, 0.15) is 37.8 Å². The second kappa shape index (κ2) is 10.8. The highest BCUT2D eigenvalue weighted by Crippen LogP contribution is 2.56. The molecule has 0 amide bonds. The van der Waals surface area contributed by atoms with Crippen LogP contribution in [0.3, 0.4) is 0 Å². The molecule has 2 aromatic rings. The van der Waals surface area contributed by atoms with Gasteiger partial charge in [0.2, 0.25) is 0 Å². The number of rotatable bonds is 7. The van der Waals surface area contributed by atoms with E-state index in [0.29, 0.717) is 6.08 Å². The van der Waals surface area contributed by atoms with Crippen LogP contribution in [0.5, 0.6) is 0 Å². The minimum Gasteiger partial charge on any atom is -0.469 e. The Morgan fingerprint density at radius 3 is 2.26 bits per heavy atom. The summed E-state index contributed by atoms with van der Waals surface area (Å²) < 4.78 is 119. The first kappa shape index (κ1) is 29.2. The summed E-state index contributed by atoms with van der Waals surface area (Å²) in [6, 6.07) is 6.66. The molecule has 11 heteroatoms. The first-order valence-corrected chi connectivity index (χ1v) is 11.6. The predicted octanol–water partition coefficient (Wildman–Crippen LogP) is 8.15. The van der Waals surface area contributed by atoms with Crippen LogP contribution in [0.15, 0.2) is 60.3 Å². The van der Waals surface area contributed by atoms with Gasteiger partial charge in [0.15, 0.2) is 0 Å². The molecule has 1 aliphatic rings. The van der Waals surface area contributed by atoms with Crippen LogP contribution in [0.2, 0.25) is 0 Å². The summed E-state index contributed by atoms with van der Waals surface area (Å²) in [4.78, 5) is 12.7. The van der Waals surface area contributed by atoms with Gasteiger partial charge in [-0.25, -0.2) is 8.78 Å². The zero-order chi connectivity index (χ0) is 28.5. The lowest BCUT2D eigenvalue weighted by Gasteiger charge is -2.42. The van der Waals surface area contributed by atoms with E-state index in [1.807, 2.05) is 0 Å². The van der Waals surface area contributed by atoms with Gasteiger partial charge in [0.25, 0.3) is 0 Å². The molecule has 1 aliphatic carbocycles. The van der Waals surface area contributed by atoms with Crippen molar-refractivity contribution in [3.05, 3.63) is 83.1 Å². The van der Waals surface area contributed by atoms with E-state index >= 15 is 0 Å². The molecule has 0 saturated carbocycles. The van der Waals surface area contributed by atoms with Crippen molar-refractivity contribution >= 4 is 17.2 Å². The van der Waals surface area contributed by atoms with Gasteiger partial charge in [0.1, 0.15) is 17.0 Å². The highest BCUT2D eigenvalue weighted by Gasteiger charge is 2.61.